The summed E-state index contributed by atoms with van der Waals surface area (Å²) in [6, 6.07) is 5.25. The maximum Gasteiger partial charge on any atom is 0.379 e. The lowest BCUT2D eigenvalue weighted by atomic mass is 9.85. The Bertz CT molecular complexity index is 378. The first-order valence-corrected chi connectivity index (χ1v) is 4.79. The Morgan fingerprint density at radius 2 is 1.87 bits per heavy atom. The number of halogens is 1. The zero-order valence-corrected chi connectivity index (χ0v) is 9.43. The van der Waals surface area contributed by atoms with E-state index in [0.29, 0.717) is 0 Å². The number of carbonyl (C=O) groups excluding carboxylic acids is 1. The van der Waals surface area contributed by atoms with Crippen molar-refractivity contribution in [3.8, 4) is 0 Å². The monoisotopic (exact) mass is 210 g/mol. The van der Waals surface area contributed by atoms with E-state index in [4.69, 9.17) is 0 Å². The highest BCUT2D eigenvalue weighted by Crippen LogP contribution is 2.24. The number of hydrogen-bond acceptors (Lipinski definition) is 2. The summed E-state index contributed by atoms with van der Waals surface area (Å²) >= 11 is 0. The lowest BCUT2D eigenvalue weighted by Gasteiger charge is -2.20. The smallest absolute Gasteiger partial charge is 0.249 e. The van der Waals surface area contributed by atoms with Gasteiger partial charge in [0.2, 0.25) is 0 Å². The average molecular weight is 210 g/mol. The van der Waals surface area contributed by atoms with Crippen LogP contribution in [0.2, 0.25) is 0 Å². The van der Waals surface area contributed by atoms with Crippen molar-refractivity contribution in [1.82, 2.24) is 0 Å². The molecule has 0 N–H and O–H groups in total. The topological polar surface area (TPSA) is 26.3 Å². The normalized spacial score (nSPS) is 11.3. The molecule has 0 spiro atoms. The second-order valence-corrected chi connectivity index (χ2v) is 4.70. The van der Waals surface area contributed by atoms with Gasteiger partial charge in [0.05, 0.1) is 5.56 Å². The maximum absolute atomic E-state index is 11.8. The standard InChI is InChI=1S/C12H15FO2/c1-8-5-9(11(14)15-13)7-10(6-8)12(2,3)4/h5-7H,1-4H3. The van der Waals surface area contributed by atoms with E-state index in [2.05, 4.69) is 4.94 Å². The molecule has 0 aliphatic rings. The summed E-state index contributed by atoms with van der Waals surface area (Å²) in [5.74, 6) is -0.941. The Kier molecular flexibility index (Phi) is 3.12. The van der Waals surface area contributed by atoms with Crippen molar-refractivity contribution in [2.75, 3.05) is 0 Å². The largest absolute Gasteiger partial charge is 0.379 e. The Morgan fingerprint density at radius 1 is 1.27 bits per heavy atom. The SMILES string of the molecule is Cc1cc(C(=O)OF)cc(C(C)(C)C)c1. The van der Waals surface area contributed by atoms with Crippen molar-refractivity contribution in [3.05, 3.63) is 34.9 Å². The fourth-order valence-electron chi connectivity index (χ4n) is 1.38. The predicted octanol–water partition coefficient (Wildman–Crippen LogP) is 3.33. The van der Waals surface area contributed by atoms with Crippen LogP contribution < -0.4 is 0 Å². The average Bonchev–Trinajstić information content (AvgIpc) is 2.14. The highest BCUT2D eigenvalue weighted by molar-refractivity contribution is 5.89. The lowest BCUT2D eigenvalue weighted by molar-refractivity contribution is -0.0788. The van der Waals surface area contributed by atoms with E-state index in [1.807, 2.05) is 33.8 Å². The van der Waals surface area contributed by atoms with Crippen molar-refractivity contribution in [2.45, 2.75) is 33.1 Å². The molecule has 0 unspecified atom stereocenters. The van der Waals surface area contributed by atoms with E-state index in [0.717, 1.165) is 11.1 Å². The Hall–Kier alpha value is -1.38. The van der Waals surface area contributed by atoms with Crippen molar-refractivity contribution in [1.29, 1.82) is 0 Å². The zero-order valence-electron chi connectivity index (χ0n) is 9.43. The number of benzene rings is 1. The van der Waals surface area contributed by atoms with Crippen molar-refractivity contribution in [3.63, 3.8) is 0 Å². The number of hydrogen-bond donors (Lipinski definition) is 0. The highest BCUT2D eigenvalue weighted by Gasteiger charge is 2.17. The van der Waals surface area contributed by atoms with E-state index < -0.39 is 5.97 Å². The molecule has 0 bridgehead atoms. The molecule has 1 aromatic rings. The van der Waals surface area contributed by atoms with Crippen molar-refractivity contribution >= 4 is 5.97 Å². The molecule has 0 fully saturated rings. The van der Waals surface area contributed by atoms with Crippen LogP contribution in [0.4, 0.5) is 4.53 Å². The van der Waals surface area contributed by atoms with E-state index in [9.17, 15) is 9.32 Å². The third-order valence-corrected chi connectivity index (χ3v) is 2.25. The molecule has 0 radical (unpaired) electrons. The summed E-state index contributed by atoms with van der Waals surface area (Å²) in [6.45, 7) is 7.97. The van der Waals surface area contributed by atoms with Gasteiger partial charge in [-0.2, -0.15) is 0 Å². The van der Waals surface area contributed by atoms with Gasteiger partial charge in [0.15, 0.2) is 0 Å². The molecule has 0 saturated heterocycles. The molecule has 1 rings (SSSR count). The van der Waals surface area contributed by atoms with Crippen LogP contribution in [-0.2, 0) is 10.4 Å². The Labute approximate surface area is 89.0 Å². The first-order chi connectivity index (χ1) is 6.84. The highest BCUT2D eigenvalue weighted by atomic mass is 19.3. The first-order valence-electron chi connectivity index (χ1n) is 4.79. The summed E-state index contributed by atoms with van der Waals surface area (Å²) in [6.07, 6.45) is 0. The molecule has 3 heteroatoms. The maximum atomic E-state index is 11.8. The fourth-order valence-corrected chi connectivity index (χ4v) is 1.38. The molecule has 2 nitrogen and oxygen atoms in total. The van der Waals surface area contributed by atoms with Crippen LogP contribution in [0.15, 0.2) is 18.2 Å². The van der Waals surface area contributed by atoms with Crippen LogP contribution in [-0.4, -0.2) is 5.97 Å². The Balaban J connectivity index is 3.23. The first kappa shape index (κ1) is 11.7. The fraction of sp³-hybridized carbons (Fsp3) is 0.417. The second kappa shape index (κ2) is 4.01. The summed E-state index contributed by atoms with van der Waals surface area (Å²) in [4.78, 5) is 14.3. The molecule has 0 aliphatic carbocycles. The molecule has 82 valence electrons. The molecule has 0 saturated carbocycles. The molecule has 0 amide bonds. The second-order valence-electron chi connectivity index (χ2n) is 4.70. The third-order valence-electron chi connectivity index (χ3n) is 2.25. The van der Waals surface area contributed by atoms with Crippen LogP contribution in [0.25, 0.3) is 0 Å². The summed E-state index contributed by atoms with van der Waals surface area (Å²) in [5.41, 5.74) is 2.09. The minimum absolute atomic E-state index is 0.0721. The van der Waals surface area contributed by atoms with Gasteiger partial charge in [-0.25, -0.2) is 9.74 Å². The van der Waals surface area contributed by atoms with Crippen molar-refractivity contribution in [2.24, 2.45) is 0 Å². The zero-order chi connectivity index (χ0) is 11.6. The predicted molar refractivity (Wildman–Crippen MR) is 56.4 cm³/mol. The van der Waals surface area contributed by atoms with Gasteiger partial charge in [0, 0.05) is 4.53 Å². The minimum Gasteiger partial charge on any atom is -0.249 e. The van der Waals surface area contributed by atoms with E-state index in [-0.39, 0.29) is 11.0 Å². The van der Waals surface area contributed by atoms with Crippen LogP contribution in [0, 0.1) is 6.92 Å². The molecule has 1 aromatic carbocycles. The van der Waals surface area contributed by atoms with Gasteiger partial charge < -0.3 is 0 Å². The number of aryl methyl sites for hydroxylation is 1. The van der Waals surface area contributed by atoms with E-state index >= 15 is 0 Å². The van der Waals surface area contributed by atoms with E-state index in [1.165, 1.54) is 0 Å². The summed E-state index contributed by atoms with van der Waals surface area (Å²) in [7, 11) is 0. The molecule has 0 heterocycles. The van der Waals surface area contributed by atoms with Gasteiger partial charge in [-0.3, -0.25) is 0 Å². The molecule has 15 heavy (non-hydrogen) atoms. The van der Waals surface area contributed by atoms with Gasteiger partial charge in [-0.15, -0.1) is 0 Å². The van der Waals surface area contributed by atoms with Crippen LogP contribution in [0.3, 0.4) is 0 Å². The third kappa shape index (κ3) is 2.78. The quantitative estimate of drug-likeness (QED) is 0.710. The van der Waals surface area contributed by atoms with Crippen LogP contribution in [0.1, 0.15) is 42.3 Å². The lowest BCUT2D eigenvalue weighted by Crippen LogP contribution is -2.13. The van der Waals surface area contributed by atoms with E-state index in [1.54, 1.807) is 12.1 Å². The summed E-state index contributed by atoms with van der Waals surface area (Å²) < 4.78 is 11.8. The minimum atomic E-state index is -0.941. The van der Waals surface area contributed by atoms with Gasteiger partial charge >= 0.3 is 5.97 Å². The molecule has 0 aliphatic heterocycles. The molecule has 0 atom stereocenters. The van der Waals surface area contributed by atoms with Gasteiger partial charge in [0.25, 0.3) is 0 Å². The van der Waals surface area contributed by atoms with Gasteiger partial charge in [-0.1, -0.05) is 26.8 Å². The number of rotatable bonds is 1. The van der Waals surface area contributed by atoms with Crippen LogP contribution >= 0.6 is 0 Å². The summed E-state index contributed by atoms with van der Waals surface area (Å²) in [5, 5.41) is 0. The molecule has 0 aromatic heterocycles. The Morgan fingerprint density at radius 3 is 2.33 bits per heavy atom. The van der Waals surface area contributed by atoms with Gasteiger partial charge in [-0.05, 0) is 35.6 Å². The van der Waals surface area contributed by atoms with Crippen molar-refractivity contribution < 1.29 is 14.3 Å². The van der Waals surface area contributed by atoms with Gasteiger partial charge in [0.1, 0.15) is 0 Å². The molecular formula is C12H15FO2. The molecular weight excluding hydrogens is 195 g/mol. The number of carbonyl (C=O) groups is 1. The van der Waals surface area contributed by atoms with Crippen LogP contribution in [0.5, 0.6) is 0 Å².